The molecule has 0 amide bonds. The molecule has 3 fully saturated rings. The molecule has 4 rings (SSSR count). The molecule has 0 saturated heterocycles. The Labute approximate surface area is 114 Å². The van der Waals surface area contributed by atoms with Crippen LogP contribution in [-0.2, 0) is 11.2 Å². The van der Waals surface area contributed by atoms with Crippen LogP contribution in [0.5, 0.6) is 5.75 Å². The van der Waals surface area contributed by atoms with Crippen molar-refractivity contribution in [1.82, 2.24) is 0 Å². The van der Waals surface area contributed by atoms with Crippen LogP contribution in [0.3, 0.4) is 0 Å². The summed E-state index contributed by atoms with van der Waals surface area (Å²) in [7, 11) is 1.68. The number of methoxy groups -OCH3 is 1. The van der Waals surface area contributed by atoms with E-state index in [4.69, 9.17) is 4.74 Å². The number of carbonyl (C=O) groups is 1. The van der Waals surface area contributed by atoms with Gasteiger partial charge in [-0.25, -0.2) is 0 Å². The summed E-state index contributed by atoms with van der Waals surface area (Å²) >= 11 is 0. The van der Waals surface area contributed by atoms with Crippen LogP contribution in [0.15, 0.2) is 24.3 Å². The van der Waals surface area contributed by atoms with Gasteiger partial charge in [0.2, 0.25) is 0 Å². The van der Waals surface area contributed by atoms with Gasteiger partial charge in [-0.15, -0.1) is 0 Å². The zero-order valence-electron chi connectivity index (χ0n) is 11.3. The first-order valence-corrected chi connectivity index (χ1v) is 7.44. The Morgan fingerprint density at radius 3 is 2.58 bits per heavy atom. The van der Waals surface area contributed by atoms with Crippen LogP contribution in [0.1, 0.15) is 24.8 Å². The molecule has 2 heteroatoms. The van der Waals surface area contributed by atoms with E-state index in [0.717, 1.165) is 35.0 Å². The highest BCUT2D eigenvalue weighted by atomic mass is 16.5. The molecule has 1 aromatic carbocycles. The lowest BCUT2D eigenvalue weighted by atomic mass is 9.96. The number of ether oxygens (including phenoxy) is 1. The Balaban J connectivity index is 1.48. The minimum atomic E-state index is 0.385. The van der Waals surface area contributed by atoms with Crippen LogP contribution < -0.4 is 4.74 Å². The van der Waals surface area contributed by atoms with E-state index in [2.05, 4.69) is 0 Å². The van der Waals surface area contributed by atoms with Crippen molar-refractivity contribution in [2.75, 3.05) is 7.11 Å². The van der Waals surface area contributed by atoms with Gasteiger partial charge >= 0.3 is 0 Å². The fourth-order valence-corrected chi connectivity index (χ4v) is 4.91. The summed E-state index contributed by atoms with van der Waals surface area (Å²) in [5.74, 6) is 4.95. The second-order valence-electron chi connectivity index (χ2n) is 6.47. The Hall–Kier alpha value is -1.31. The highest BCUT2D eigenvalue weighted by molar-refractivity contribution is 5.87. The normalized spacial score (nSPS) is 38.1. The van der Waals surface area contributed by atoms with Crippen molar-refractivity contribution in [3.05, 3.63) is 29.8 Å². The topological polar surface area (TPSA) is 26.3 Å². The van der Waals surface area contributed by atoms with Crippen molar-refractivity contribution >= 4 is 5.78 Å². The first-order chi connectivity index (χ1) is 9.29. The summed E-state index contributed by atoms with van der Waals surface area (Å²) in [6.07, 6.45) is 4.73. The number of ketones is 1. The van der Waals surface area contributed by atoms with Crippen LogP contribution in [-0.4, -0.2) is 12.9 Å². The zero-order valence-corrected chi connectivity index (χ0v) is 11.3. The lowest BCUT2D eigenvalue weighted by Gasteiger charge is -2.10. The molecule has 0 spiro atoms. The maximum absolute atomic E-state index is 12.5. The van der Waals surface area contributed by atoms with E-state index < -0.39 is 0 Å². The number of para-hydroxylation sites is 1. The van der Waals surface area contributed by atoms with E-state index in [1.807, 2.05) is 24.3 Å². The maximum Gasteiger partial charge on any atom is 0.141 e. The third-order valence-electron chi connectivity index (χ3n) is 5.66. The molecular formula is C17H20O2. The van der Waals surface area contributed by atoms with Crippen molar-refractivity contribution in [3.63, 3.8) is 0 Å². The van der Waals surface area contributed by atoms with E-state index >= 15 is 0 Å². The monoisotopic (exact) mass is 256 g/mol. The van der Waals surface area contributed by atoms with Gasteiger partial charge in [0.15, 0.2) is 0 Å². The van der Waals surface area contributed by atoms with Crippen LogP contribution >= 0.6 is 0 Å². The van der Waals surface area contributed by atoms with Crippen molar-refractivity contribution in [1.29, 1.82) is 0 Å². The molecule has 2 bridgehead atoms. The third-order valence-corrected chi connectivity index (χ3v) is 5.66. The van der Waals surface area contributed by atoms with Gasteiger partial charge in [0.25, 0.3) is 0 Å². The molecule has 3 saturated carbocycles. The quantitative estimate of drug-likeness (QED) is 0.827. The van der Waals surface area contributed by atoms with E-state index in [1.165, 1.54) is 19.3 Å². The van der Waals surface area contributed by atoms with Crippen molar-refractivity contribution < 1.29 is 9.53 Å². The first-order valence-electron chi connectivity index (χ1n) is 7.44. The van der Waals surface area contributed by atoms with E-state index in [0.29, 0.717) is 18.1 Å². The Bertz CT molecular complexity index is 506. The Kier molecular flexibility index (Phi) is 2.48. The van der Waals surface area contributed by atoms with Crippen molar-refractivity contribution in [2.24, 2.45) is 29.6 Å². The lowest BCUT2D eigenvalue weighted by molar-refractivity contribution is -0.120. The van der Waals surface area contributed by atoms with Gasteiger partial charge in [-0.3, -0.25) is 4.79 Å². The summed E-state index contributed by atoms with van der Waals surface area (Å²) < 4.78 is 5.34. The van der Waals surface area contributed by atoms with Gasteiger partial charge < -0.3 is 4.74 Å². The second-order valence-corrected chi connectivity index (χ2v) is 6.47. The number of rotatable bonds is 4. The Morgan fingerprint density at radius 2 is 1.89 bits per heavy atom. The van der Waals surface area contributed by atoms with Gasteiger partial charge in [0.1, 0.15) is 11.5 Å². The van der Waals surface area contributed by atoms with Crippen LogP contribution in [0.25, 0.3) is 0 Å². The smallest absolute Gasteiger partial charge is 0.141 e. The number of Topliss-reactive ketones (excluding diaryl/α,β-unsaturated/α-hetero) is 1. The minimum Gasteiger partial charge on any atom is -0.496 e. The maximum atomic E-state index is 12.5. The second kappa shape index (κ2) is 4.09. The third kappa shape index (κ3) is 1.65. The minimum absolute atomic E-state index is 0.385. The number of hydrogen-bond donors (Lipinski definition) is 0. The molecule has 0 radical (unpaired) electrons. The SMILES string of the molecule is COc1ccccc1CC(=O)C1C2C3CCC(C3)C12. The predicted molar refractivity (Wildman–Crippen MR) is 73.0 cm³/mol. The molecule has 0 N–H and O–H groups in total. The van der Waals surface area contributed by atoms with Crippen molar-refractivity contribution in [3.8, 4) is 5.75 Å². The molecule has 100 valence electrons. The molecule has 0 aliphatic heterocycles. The van der Waals surface area contributed by atoms with Crippen LogP contribution in [0, 0.1) is 29.6 Å². The van der Waals surface area contributed by atoms with Crippen molar-refractivity contribution in [2.45, 2.75) is 25.7 Å². The fraction of sp³-hybridized carbons (Fsp3) is 0.588. The molecular weight excluding hydrogens is 236 g/mol. The average Bonchev–Trinajstić information content (AvgIpc) is 2.88. The Morgan fingerprint density at radius 1 is 1.21 bits per heavy atom. The fourth-order valence-electron chi connectivity index (χ4n) is 4.91. The molecule has 19 heavy (non-hydrogen) atoms. The van der Waals surface area contributed by atoms with Gasteiger partial charge in [-0.05, 0) is 49.0 Å². The summed E-state index contributed by atoms with van der Waals surface area (Å²) in [5, 5.41) is 0. The van der Waals surface area contributed by atoms with Gasteiger partial charge in [-0.2, -0.15) is 0 Å². The van der Waals surface area contributed by atoms with Gasteiger partial charge in [0.05, 0.1) is 7.11 Å². The lowest BCUT2D eigenvalue weighted by Crippen LogP contribution is -2.12. The summed E-state index contributed by atoms with van der Waals surface area (Å²) in [6.45, 7) is 0. The summed E-state index contributed by atoms with van der Waals surface area (Å²) in [4.78, 5) is 12.5. The van der Waals surface area contributed by atoms with Crippen LogP contribution in [0.4, 0.5) is 0 Å². The summed E-state index contributed by atoms with van der Waals surface area (Å²) in [5.41, 5.74) is 1.05. The highest BCUT2D eigenvalue weighted by Gasteiger charge is 2.66. The number of benzene rings is 1. The number of fused-ring (bicyclic) bond motifs is 5. The van der Waals surface area contributed by atoms with Crippen LogP contribution in [0.2, 0.25) is 0 Å². The number of carbonyl (C=O) groups excluding carboxylic acids is 1. The molecule has 3 aliphatic rings. The van der Waals surface area contributed by atoms with E-state index in [9.17, 15) is 4.79 Å². The molecule has 4 atom stereocenters. The predicted octanol–water partition coefficient (Wildman–Crippen LogP) is 3.10. The average molecular weight is 256 g/mol. The largest absolute Gasteiger partial charge is 0.496 e. The molecule has 1 aromatic rings. The molecule has 0 heterocycles. The van der Waals surface area contributed by atoms with E-state index in [1.54, 1.807) is 7.11 Å². The van der Waals surface area contributed by atoms with Gasteiger partial charge in [-0.1, -0.05) is 18.2 Å². The number of hydrogen-bond acceptors (Lipinski definition) is 2. The molecule has 0 aromatic heterocycles. The molecule has 4 unspecified atom stereocenters. The highest BCUT2D eigenvalue weighted by Crippen LogP contribution is 2.69. The zero-order chi connectivity index (χ0) is 13.0. The first kappa shape index (κ1) is 11.5. The van der Waals surface area contributed by atoms with E-state index in [-0.39, 0.29) is 0 Å². The summed E-state index contributed by atoms with van der Waals surface area (Å²) in [6, 6.07) is 7.91. The molecule has 2 nitrogen and oxygen atoms in total. The molecule has 3 aliphatic carbocycles. The standard InChI is InChI=1S/C17H20O2/c1-19-14-5-3-2-4-10(14)9-13(18)17-15-11-6-7-12(8-11)16(15)17/h2-5,11-12,15-17H,6-9H2,1H3. The van der Waals surface area contributed by atoms with Gasteiger partial charge in [0, 0.05) is 17.9 Å².